The van der Waals surface area contributed by atoms with Crippen LogP contribution in [0.3, 0.4) is 0 Å². The number of carbonyl (C=O) groups is 1. The number of anilines is 1. The van der Waals surface area contributed by atoms with Crippen molar-refractivity contribution in [2.75, 3.05) is 24.8 Å². The highest BCUT2D eigenvalue weighted by Gasteiger charge is 2.24. The Morgan fingerprint density at radius 2 is 2.11 bits per heavy atom. The minimum atomic E-state index is 0.103. The molecule has 0 radical (unpaired) electrons. The molecular weight excluding hydrogens is 358 g/mol. The largest absolute Gasteiger partial charge is 0.497 e. The molecule has 0 aliphatic carbocycles. The molecule has 0 spiro atoms. The first-order chi connectivity index (χ1) is 13.2. The topological polar surface area (TPSA) is 47.4 Å². The molecule has 2 heterocycles. The van der Waals surface area contributed by atoms with E-state index in [0.717, 1.165) is 53.4 Å². The van der Waals surface area contributed by atoms with Gasteiger partial charge in [-0.3, -0.25) is 4.79 Å². The Hall–Kier alpha value is -2.47. The number of hydrogen-bond donors (Lipinski definition) is 0. The van der Waals surface area contributed by atoms with Gasteiger partial charge in [-0.05, 0) is 55.0 Å². The number of thioether (sulfide) groups is 1. The summed E-state index contributed by atoms with van der Waals surface area (Å²) in [4.78, 5) is 19.9. The molecule has 0 unspecified atom stereocenters. The molecule has 1 amide bonds. The van der Waals surface area contributed by atoms with Crippen molar-refractivity contribution < 1.29 is 9.53 Å². The number of amides is 1. The fourth-order valence-corrected chi connectivity index (χ4v) is 4.20. The average Bonchev–Trinajstić information content (AvgIpc) is 3.04. The van der Waals surface area contributed by atoms with Crippen molar-refractivity contribution in [2.24, 2.45) is 0 Å². The quantitative estimate of drug-likeness (QED) is 0.673. The summed E-state index contributed by atoms with van der Waals surface area (Å²) in [5, 5.41) is 0. The van der Waals surface area contributed by atoms with E-state index in [-0.39, 0.29) is 5.91 Å². The Balaban J connectivity index is 1.66. The molecule has 1 aromatic heterocycles. The summed E-state index contributed by atoms with van der Waals surface area (Å²) in [5.41, 5.74) is 4.14. The molecule has 140 valence electrons. The fourth-order valence-electron chi connectivity index (χ4n) is 3.72. The van der Waals surface area contributed by atoms with E-state index < -0.39 is 0 Å². The molecule has 1 aliphatic heterocycles. The van der Waals surface area contributed by atoms with E-state index in [1.54, 1.807) is 18.9 Å². The van der Waals surface area contributed by atoms with Gasteiger partial charge in [0.05, 0.1) is 23.9 Å². The zero-order chi connectivity index (χ0) is 18.8. The number of ether oxygens (including phenoxy) is 1. The lowest BCUT2D eigenvalue weighted by atomic mass is 10.0. The number of aryl methyl sites for hydroxylation is 1. The Morgan fingerprint density at radius 3 is 2.93 bits per heavy atom. The van der Waals surface area contributed by atoms with Gasteiger partial charge in [-0.1, -0.05) is 12.1 Å². The highest BCUT2D eigenvalue weighted by molar-refractivity contribution is 7.97. The third-order valence-corrected chi connectivity index (χ3v) is 5.55. The van der Waals surface area contributed by atoms with Crippen LogP contribution < -0.4 is 9.64 Å². The first-order valence-corrected chi connectivity index (χ1v) is 10.5. The molecule has 2 aromatic carbocycles. The molecular formula is C21H23N3O2S. The number of hydrogen-bond acceptors (Lipinski definition) is 4. The molecule has 1 aliphatic rings. The van der Waals surface area contributed by atoms with Crippen molar-refractivity contribution in [1.82, 2.24) is 9.55 Å². The maximum Gasteiger partial charge on any atom is 0.246 e. The van der Waals surface area contributed by atoms with Crippen molar-refractivity contribution in [3.63, 3.8) is 0 Å². The summed E-state index contributed by atoms with van der Waals surface area (Å²) < 4.78 is 7.40. The van der Waals surface area contributed by atoms with E-state index in [1.165, 1.54) is 5.56 Å². The van der Waals surface area contributed by atoms with Crippen molar-refractivity contribution in [2.45, 2.75) is 25.1 Å². The van der Waals surface area contributed by atoms with E-state index >= 15 is 0 Å². The van der Waals surface area contributed by atoms with Crippen LogP contribution >= 0.6 is 11.8 Å². The summed E-state index contributed by atoms with van der Waals surface area (Å²) in [6.07, 6.45) is 4.00. The second-order valence-electron chi connectivity index (χ2n) is 6.68. The second-order valence-corrected chi connectivity index (χ2v) is 7.55. The Morgan fingerprint density at radius 1 is 1.26 bits per heavy atom. The summed E-state index contributed by atoms with van der Waals surface area (Å²) in [7, 11) is 1.67. The first kappa shape index (κ1) is 17.9. The molecule has 0 N–H and O–H groups in total. The number of fused-ring (bicyclic) bond motifs is 2. The summed E-state index contributed by atoms with van der Waals surface area (Å²) >= 11 is 1.72. The van der Waals surface area contributed by atoms with Crippen LogP contribution in [0.5, 0.6) is 5.75 Å². The Bertz CT molecular complexity index is 983. The van der Waals surface area contributed by atoms with E-state index in [0.29, 0.717) is 6.54 Å². The van der Waals surface area contributed by atoms with Gasteiger partial charge in [0.25, 0.3) is 0 Å². The van der Waals surface area contributed by atoms with Crippen LogP contribution in [0.1, 0.15) is 17.8 Å². The van der Waals surface area contributed by atoms with Gasteiger partial charge in [0.15, 0.2) is 0 Å². The maximum absolute atomic E-state index is 13.2. The third-order valence-electron chi connectivity index (χ3n) is 5.01. The van der Waals surface area contributed by atoms with Crippen molar-refractivity contribution >= 4 is 34.4 Å². The number of benzene rings is 2. The van der Waals surface area contributed by atoms with Crippen LogP contribution in [0, 0.1) is 0 Å². The van der Waals surface area contributed by atoms with Crippen molar-refractivity contribution in [1.29, 1.82) is 0 Å². The predicted molar refractivity (Wildman–Crippen MR) is 111 cm³/mol. The molecule has 0 bridgehead atoms. The maximum atomic E-state index is 13.2. The lowest BCUT2D eigenvalue weighted by Crippen LogP contribution is -2.38. The van der Waals surface area contributed by atoms with Crippen molar-refractivity contribution in [3.8, 4) is 5.75 Å². The summed E-state index contributed by atoms with van der Waals surface area (Å²) in [5.74, 6) is 2.68. The van der Waals surface area contributed by atoms with Crippen molar-refractivity contribution in [3.05, 3.63) is 53.9 Å². The molecule has 0 atom stereocenters. The van der Waals surface area contributed by atoms with Gasteiger partial charge in [0, 0.05) is 12.2 Å². The SMILES string of the molecule is COc1ccc2c(c1)CCCN2C(=O)Cn1c(CSC)nc2ccccc21. The second kappa shape index (κ2) is 7.64. The van der Waals surface area contributed by atoms with Crippen LogP contribution in [-0.2, 0) is 23.5 Å². The number of nitrogens with zero attached hydrogens (tertiary/aromatic N) is 3. The molecule has 0 fully saturated rings. The van der Waals surface area contributed by atoms with E-state index in [2.05, 4.69) is 10.8 Å². The highest BCUT2D eigenvalue weighted by Crippen LogP contribution is 2.31. The molecule has 4 rings (SSSR count). The third kappa shape index (κ3) is 3.41. The summed E-state index contributed by atoms with van der Waals surface area (Å²) in [6, 6.07) is 14.0. The standard InChI is InChI=1S/C21H23N3O2S/c1-26-16-9-10-18-15(12-16)6-5-11-23(18)21(25)13-24-19-8-4-3-7-17(19)22-20(24)14-27-2/h3-4,7-10,12H,5-6,11,13-14H2,1-2H3. The van der Waals surface area contributed by atoms with Gasteiger partial charge in [-0.25, -0.2) is 4.98 Å². The smallest absolute Gasteiger partial charge is 0.246 e. The lowest BCUT2D eigenvalue weighted by Gasteiger charge is -2.30. The number of methoxy groups -OCH3 is 1. The molecule has 27 heavy (non-hydrogen) atoms. The summed E-state index contributed by atoms with van der Waals surface area (Å²) in [6.45, 7) is 1.06. The normalized spacial score (nSPS) is 13.6. The zero-order valence-corrected chi connectivity index (χ0v) is 16.5. The van der Waals surface area contributed by atoms with Gasteiger partial charge >= 0.3 is 0 Å². The highest BCUT2D eigenvalue weighted by atomic mass is 32.2. The molecule has 5 nitrogen and oxygen atoms in total. The monoisotopic (exact) mass is 381 g/mol. The minimum absolute atomic E-state index is 0.103. The van der Waals surface area contributed by atoms with Gasteiger partial charge < -0.3 is 14.2 Å². The number of rotatable bonds is 5. The lowest BCUT2D eigenvalue weighted by molar-refractivity contribution is -0.119. The van der Waals surface area contributed by atoms with Gasteiger partial charge in [-0.15, -0.1) is 0 Å². The predicted octanol–water partition coefficient (Wildman–Crippen LogP) is 3.89. The Kier molecular flexibility index (Phi) is 5.07. The molecule has 0 saturated carbocycles. The van der Waals surface area contributed by atoms with Crippen LogP contribution in [0.2, 0.25) is 0 Å². The molecule has 6 heteroatoms. The fraction of sp³-hybridized carbons (Fsp3) is 0.333. The zero-order valence-electron chi connectivity index (χ0n) is 15.6. The van der Waals surface area contributed by atoms with Gasteiger partial charge in [0.2, 0.25) is 5.91 Å². The van der Waals surface area contributed by atoms with Crippen LogP contribution in [-0.4, -0.2) is 35.4 Å². The van der Waals surface area contributed by atoms with Gasteiger partial charge in [-0.2, -0.15) is 11.8 Å². The van der Waals surface area contributed by atoms with E-state index in [4.69, 9.17) is 9.72 Å². The van der Waals surface area contributed by atoms with E-state index in [9.17, 15) is 4.79 Å². The molecule has 0 saturated heterocycles. The number of carbonyl (C=O) groups excluding carboxylic acids is 1. The van der Waals surface area contributed by atoms with E-state index in [1.807, 2.05) is 47.4 Å². The first-order valence-electron chi connectivity index (χ1n) is 9.11. The number of aromatic nitrogens is 2. The van der Waals surface area contributed by atoms with Crippen LogP contribution in [0.15, 0.2) is 42.5 Å². The number of imidazole rings is 1. The average molecular weight is 382 g/mol. The number of para-hydroxylation sites is 2. The minimum Gasteiger partial charge on any atom is -0.497 e. The molecule has 3 aromatic rings. The van der Waals surface area contributed by atoms with Crippen LogP contribution in [0.4, 0.5) is 5.69 Å². The van der Waals surface area contributed by atoms with Gasteiger partial charge in [0.1, 0.15) is 18.1 Å². The Labute approximate surface area is 163 Å². The van der Waals surface area contributed by atoms with Crippen LogP contribution in [0.25, 0.3) is 11.0 Å².